The first kappa shape index (κ1) is 16.3. The molecule has 7 heteroatoms. The number of ether oxygens (including phenoxy) is 2. The number of benzene rings is 1. The average Bonchev–Trinajstić information content (AvgIpc) is 3.06. The number of hydrogen-bond acceptors (Lipinski definition) is 6. The molecule has 0 N–H and O–H groups in total. The maximum Gasteiger partial charge on any atom is 0.160 e. The molecule has 124 valence electrons. The van der Waals surface area contributed by atoms with Gasteiger partial charge in [-0.3, -0.25) is 4.57 Å². The van der Waals surface area contributed by atoms with E-state index >= 15 is 0 Å². The zero-order valence-corrected chi connectivity index (χ0v) is 14.6. The van der Waals surface area contributed by atoms with E-state index in [2.05, 4.69) is 15.2 Å². The van der Waals surface area contributed by atoms with Crippen molar-refractivity contribution in [2.75, 3.05) is 14.2 Å². The summed E-state index contributed by atoms with van der Waals surface area (Å²) >= 11 is 1.61. The Bertz CT molecular complexity index is 795. The summed E-state index contributed by atoms with van der Waals surface area (Å²) in [6.07, 6.45) is 3.62. The molecule has 0 radical (unpaired) electrons. The molecular formula is C17H18N4O2S. The number of imidazole rings is 1. The number of nitrogens with zero attached hydrogens (tertiary/aromatic N) is 4. The molecule has 0 fully saturated rings. The lowest BCUT2D eigenvalue weighted by atomic mass is 10.2. The molecule has 24 heavy (non-hydrogen) atoms. The molecule has 0 amide bonds. The highest BCUT2D eigenvalue weighted by Gasteiger charge is 2.06. The van der Waals surface area contributed by atoms with Crippen molar-refractivity contribution in [1.29, 1.82) is 0 Å². The fourth-order valence-corrected chi connectivity index (χ4v) is 2.99. The first-order chi connectivity index (χ1) is 11.7. The van der Waals surface area contributed by atoms with Crippen LogP contribution < -0.4 is 9.47 Å². The minimum Gasteiger partial charge on any atom is -0.497 e. The topological polar surface area (TPSA) is 62.1 Å². The molecule has 0 bridgehead atoms. The molecule has 0 aliphatic heterocycles. The zero-order valence-electron chi connectivity index (χ0n) is 13.8. The van der Waals surface area contributed by atoms with Crippen LogP contribution in [0.1, 0.15) is 11.4 Å². The molecule has 0 atom stereocenters. The summed E-state index contributed by atoms with van der Waals surface area (Å²) in [6, 6.07) is 9.74. The van der Waals surface area contributed by atoms with Crippen molar-refractivity contribution in [3.8, 4) is 17.3 Å². The van der Waals surface area contributed by atoms with Gasteiger partial charge < -0.3 is 9.47 Å². The lowest BCUT2D eigenvalue weighted by Gasteiger charge is -2.08. The van der Waals surface area contributed by atoms with Crippen molar-refractivity contribution < 1.29 is 9.47 Å². The van der Waals surface area contributed by atoms with Crippen LogP contribution >= 0.6 is 11.8 Å². The fourth-order valence-electron chi connectivity index (χ4n) is 2.25. The average molecular weight is 342 g/mol. The molecule has 0 saturated heterocycles. The van der Waals surface area contributed by atoms with Crippen molar-refractivity contribution in [1.82, 2.24) is 19.7 Å². The van der Waals surface area contributed by atoms with Crippen LogP contribution in [0.25, 0.3) is 5.82 Å². The van der Waals surface area contributed by atoms with Crippen LogP contribution in [0.15, 0.2) is 47.8 Å². The highest BCUT2D eigenvalue weighted by Crippen LogP contribution is 2.27. The Kier molecular flexibility index (Phi) is 5.00. The monoisotopic (exact) mass is 342 g/mol. The van der Waals surface area contributed by atoms with Crippen LogP contribution in [0.3, 0.4) is 0 Å². The molecule has 0 spiro atoms. The second kappa shape index (κ2) is 7.35. The summed E-state index contributed by atoms with van der Waals surface area (Å²) < 4.78 is 12.5. The van der Waals surface area contributed by atoms with Gasteiger partial charge in [0.05, 0.1) is 14.2 Å². The van der Waals surface area contributed by atoms with Crippen molar-refractivity contribution >= 4 is 11.8 Å². The molecule has 3 rings (SSSR count). The molecule has 0 unspecified atom stereocenters. The van der Waals surface area contributed by atoms with Crippen LogP contribution in [-0.4, -0.2) is 34.0 Å². The maximum absolute atomic E-state index is 5.29. The third-order valence-corrected chi connectivity index (χ3v) is 4.49. The first-order valence-corrected chi connectivity index (χ1v) is 8.37. The van der Waals surface area contributed by atoms with Crippen molar-refractivity contribution in [2.45, 2.75) is 17.7 Å². The summed E-state index contributed by atoms with van der Waals surface area (Å²) in [5.74, 6) is 3.96. The summed E-state index contributed by atoms with van der Waals surface area (Å²) in [5.41, 5.74) is 1.10. The Morgan fingerprint density at radius 2 is 1.79 bits per heavy atom. The maximum atomic E-state index is 5.29. The van der Waals surface area contributed by atoms with Crippen molar-refractivity contribution in [3.63, 3.8) is 0 Å². The third-order valence-electron chi connectivity index (χ3n) is 3.50. The van der Waals surface area contributed by atoms with Gasteiger partial charge in [0.25, 0.3) is 0 Å². The molecule has 1 aromatic carbocycles. The van der Waals surface area contributed by atoms with Crippen LogP contribution in [0.5, 0.6) is 11.5 Å². The quantitative estimate of drug-likeness (QED) is 0.641. The largest absolute Gasteiger partial charge is 0.497 e. The summed E-state index contributed by atoms with van der Waals surface area (Å²) in [5, 5.41) is 9.40. The normalized spacial score (nSPS) is 10.6. The molecule has 3 aromatic rings. The molecule has 2 heterocycles. The van der Waals surface area contributed by atoms with E-state index in [1.807, 2.05) is 48.0 Å². The second-order valence-corrected chi connectivity index (χ2v) is 6.08. The minimum atomic E-state index is 0.756. The second-order valence-electron chi connectivity index (χ2n) is 5.08. The van der Waals surface area contributed by atoms with Gasteiger partial charge >= 0.3 is 0 Å². The fraction of sp³-hybridized carbons (Fsp3) is 0.235. The lowest BCUT2D eigenvalue weighted by molar-refractivity contribution is 0.393. The molecular weight excluding hydrogens is 324 g/mol. The summed E-state index contributed by atoms with van der Waals surface area (Å²) in [7, 11) is 3.29. The Balaban J connectivity index is 1.70. The Morgan fingerprint density at radius 3 is 2.33 bits per heavy atom. The predicted molar refractivity (Wildman–Crippen MR) is 93.0 cm³/mol. The van der Waals surface area contributed by atoms with Gasteiger partial charge in [-0.1, -0.05) is 11.8 Å². The van der Waals surface area contributed by atoms with Crippen LogP contribution in [0.2, 0.25) is 0 Å². The van der Waals surface area contributed by atoms with E-state index in [-0.39, 0.29) is 0 Å². The van der Waals surface area contributed by atoms with Crippen LogP contribution in [0, 0.1) is 6.92 Å². The van der Waals surface area contributed by atoms with E-state index in [0.717, 1.165) is 39.5 Å². The van der Waals surface area contributed by atoms with E-state index in [1.54, 1.807) is 32.2 Å². The number of hydrogen-bond donors (Lipinski definition) is 0. The van der Waals surface area contributed by atoms with Gasteiger partial charge in [-0.15, -0.1) is 10.2 Å². The van der Waals surface area contributed by atoms with Gasteiger partial charge in [0.15, 0.2) is 5.82 Å². The predicted octanol–water partition coefficient (Wildman–Crippen LogP) is 3.28. The highest BCUT2D eigenvalue weighted by molar-refractivity contribution is 7.98. The van der Waals surface area contributed by atoms with Crippen molar-refractivity contribution in [2.24, 2.45) is 0 Å². The van der Waals surface area contributed by atoms with Gasteiger partial charge in [-0.25, -0.2) is 4.98 Å². The van der Waals surface area contributed by atoms with Gasteiger partial charge in [-0.05, 0) is 36.8 Å². The zero-order chi connectivity index (χ0) is 16.9. The number of thioether (sulfide) groups is 1. The molecule has 6 nitrogen and oxygen atoms in total. The number of methoxy groups -OCH3 is 2. The molecule has 0 saturated carbocycles. The highest BCUT2D eigenvalue weighted by atomic mass is 32.2. The summed E-state index contributed by atoms with van der Waals surface area (Å²) in [6.45, 7) is 1.93. The number of aryl methyl sites for hydroxylation is 1. The van der Waals surface area contributed by atoms with E-state index < -0.39 is 0 Å². The van der Waals surface area contributed by atoms with E-state index in [4.69, 9.17) is 9.47 Å². The van der Waals surface area contributed by atoms with E-state index in [9.17, 15) is 0 Å². The Morgan fingerprint density at radius 1 is 1.04 bits per heavy atom. The molecule has 0 aliphatic carbocycles. The smallest absolute Gasteiger partial charge is 0.160 e. The minimum absolute atomic E-state index is 0.756. The van der Waals surface area contributed by atoms with Crippen LogP contribution in [0.4, 0.5) is 0 Å². The van der Waals surface area contributed by atoms with Gasteiger partial charge in [0.2, 0.25) is 0 Å². The Labute approximate surface area is 144 Å². The van der Waals surface area contributed by atoms with E-state index in [0.29, 0.717) is 0 Å². The lowest BCUT2D eigenvalue weighted by Crippen LogP contribution is -2.00. The van der Waals surface area contributed by atoms with Crippen molar-refractivity contribution in [3.05, 3.63) is 54.1 Å². The number of aromatic nitrogens is 4. The first-order valence-electron chi connectivity index (χ1n) is 7.38. The third kappa shape index (κ3) is 3.68. The SMILES string of the molecule is COc1cc(CSc2ccc(-n3ccnc3C)nn2)cc(OC)c1. The van der Waals surface area contributed by atoms with Gasteiger partial charge in [-0.2, -0.15) is 0 Å². The molecule has 2 aromatic heterocycles. The standard InChI is InChI=1S/C17H18N4O2S/c1-12-18-6-7-21(12)16-4-5-17(20-19-16)24-11-13-8-14(22-2)10-15(9-13)23-3/h4-10H,11H2,1-3H3. The van der Waals surface area contributed by atoms with Gasteiger partial charge in [0.1, 0.15) is 22.3 Å². The van der Waals surface area contributed by atoms with E-state index in [1.165, 1.54) is 0 Å². The molecule has 0 aliphatic rings. The Hall–Kier alpha value is -2.54. The van der Waals surface area contributed by atoms with Crippen LogP contribution in [-0.2, 0) is 5.75 Å². The van der Waals surface area contributed by atoms with Gasteiger partial charge in [0, 0.05) is 24.2 Å². The number of rotatable bonds is 6. The summed E-state index contributed by atoms with van der Waals surface area (Å²) in [4.78, 5) is 4.19.